The van der Waals surface area contributed by atoms with Gasteiger partial charge in [-0.3, -0.25) is 4.79 Å². The van der Waals surface area contributed by atoms with Crippen LogP contribution in [0.3, 0.4) is 0 Å². The third kappa shape index (κ3) is 4.61. The molecular formula is C13H14F4N2O3. The lowest BCUT2D eigenvalue weighted by atomic mass is 10.2. The van der Waals surface area contributed by atoms with E-state index in [0.717, 1.165) is 4.90 Å². The standard InChI is InChI=1S/C13H14F4N2O3/c1-7(11(20)21)6-19(2)12(22)18-10-5-8(13(15,16)17)3-4-9(10)14/h3-5,7H,6H2,1-2H3,(H,18,22)(H,20,21). The van der Waals surface area contributed by atoms with Gasteiger partial charge in [0.25, 0.3) is 0 Å². The summed E-state index contributed by atoms with van der Waals surface area (Å²) in [6.45, 7) is 1.18. The predicted molar refractivity (Wildman–Crippen MR) is 69.9 cm³/mol. The molecule has 1 rings (SSSR count). The van der Waals surface area contributed by atoms with Gasteiger partial charge in [0.1, 0.15) is 5.82 Å². The van der Waals surface area contributed by atoms with E-state index < -0.39 is 41.2 Å². The second-order valence-corrected chi connectivity index (χ2v) is 4.74. The number of anilines is 1. The van der Waals surface area contributed by atoms with Crippen molar-refractivity contribution in [2.45, 2.75) is 13.1 Å². The van der Waals surface area contributed by atoms with Crippen LogP contribution in [0, 0.1) is 11.7 Å². The van der Waals surface area contributed by atoms with Crippen LogP contribution in [0.1, 0.15) is 12.5 Å². The largest absolute Gasteiger partial charge is 0.481 e. The number of alkyl halides is 3. The molecule has 0 radical (unpaired) electrons. The summed E-state index contributed by atoms with van der Waals surface area (Å²) in [5, 5.41) is 10.7. The molecule has 0 aromatic heterocycles. The van der Waals surface area contributed by atoms with Crippen molar-refractivity contribution < 1.29 is 32.3 Å². The van der Waals surface area contributed by atoms with Crippen molar-refractivity contribution in [3.8, 4) is 0 Å². The van der Waals surface area contributed by atoms with E-state index in [-0.39, 0.29) is 6.54 Å². The molecule has 0 heterocycles. The highest BCUT2D eigenvalue weighted by Crippen LogP contribution is 2.31. The van der Waals surface area contributed by atoms with Gasteiger partial charge in [0, 0.05) is 13.6 Å². The summed E-state index contributed by atoms with van der Waals surface area (Å²) < 4.78 is 51.1. The fourth-order valence-corrected chi connectivity index (χ4v) is 1.58. The first-order valence-electron chi connectivity index (χ1n) is 6.14. The Balaban J connectivity index is 2.86. The number of carbonyl (C=O) groups excluding carboxylic acids is 1. The zero-order valence-corrected chi connectivity index (χ0v) is 11.7. The van der Waals surface area contributed by atoms with Gasteiger partial charge >= 0.3 is 18.2 Å². The molecule has 1 aromatic rings. The zero-order chi connectivity index (χ0) is 17.1. The molecule has 1 aromatic carbocycles. The van der Waals surface area contributed by atoms with Crippen LogP contribution in [0.4, 0.5) is 28.0 Å². The first kappa shape index (κ1) is 17.7. The first-order valence-corrected chi connectivity index (χ1v) is 6.14. The van der Waals surface area contributed by atoms with E-state index in [4.69, 9.17) is 5.11 Å². The van der Waals surface area contributed by atoms with Crippen LogP contribution in [0.25, 0.3) is 0 Å². The van der Waals surface area contributed by atoms with E-state index in [9.17, 15) is 27.2 Å². The van der Waals surface area contributed by atoms with Crippen LogP contribution in [0.15, 0.2) is 18.2 Å². The van der Waals surface area contributed by atoms with Crippen LogP contribution < -0.4 is 5.32 Å². The van der Waals surface area contributed by atoms with Gasteiger partial charge in [-0.2, -0.15) is 13.2 Å². The number of nitrogens with zero attached hydrogens (tertiary/aromatic N) is 1. The fourth-order valence-electron chi connectivity index (χ4n) is 1.58. The minimum absolute atomic E-state index is 0.179. The second-order valence-electron chi connectivity index (χ2n) is 4.74. The Labute approximate surface area is 123 Å². The molecule has 0 aliphatic heterocycles. The smallest absolute Gasteiger partial charge is 0.416 e. The Hall–Kier alpha value is -2.32. The maximum atomic E-state index is 13.5. The number of carboxylic acid groups (broad SMARTS) is 1. The Kier molecular flexibility index (Phi) is 5.34. The van der Waals surface area contributed by atoms with Gasteiger partial charge in [-0.25, -0.2) is 9.18 Å². The quantitative estimate of drug-likeness (QED) is 0.837. The number of carbonyl (C=O) groups is 2. The Bertz CT molecular complexity index is 575. The number of rotatable bonds is 4. The van der Waals surface area contributed by atoms with E-state index in [1.165, 1.54) is 14.0 Å². The Morgan fingerprint density at radius 3 is 2.45 bits per heavy atom. The third-order valence-electron chi connectivity index (χ3n) is 2.85. The van der Waals surface area contributed by atoms with Crippen LogP contribution in [0.2, 0.25) is 0 Å². The number of carboxylic acids is 1. The fraction of sp³-hybridized carbons (Fsp3) is 0.385. The number of benzene rings is 1. The highest BCUT2D eigenvalue weighted by Gasteiger charge is 2.31. The van der Waals surface area contributed by atoms with Gasteiger partial charge in [-0.15, -0.1) is 0 Å². The SMILES string of the molecule is CC(CN(C)C(=O)Nc1cc(C(F)(F)F)ccc1F)C(=O)O. The van der Waals surface area contributed by atoms with E-state index in [1.807, 2.05) is 5.32 Å². The van der Waals surface area contributed by atoms with Gasteiger partial charge < -0.3 is 15.3 Å². The minimum atomic E-state index is -4.67. The van der Waals surface area contributed by atoms with Crippen LogP contribution in [0.5, 0.6) is 0 Å². The normalized spacial score (nSPS) is 12.6. The highest BCUT2D eigenvalue weighted by atomic mass is 19.4. The van der Waals surface area contributed by atoms with Crippen LogP contribution in [-0.2, 0) is 11.0 Å². The van der Waals surface area contributed by atoms with E-state index in [1.54, 1.807) is 0 Å². The average molecular weight is 322 g/mol. The number of amides is 2. The van der Waals surface area contributed by atoms with Gasteiger partial charge in [0.2, 0.25) is 0 Å². The molecule has 122 valence electrons. The summed E-state index contributed by atoms with van der Waals surface area (Å²) in [5.41, 5.74) is -1.74. The average Bonchev–Trinajstić information content (AvgIpc) is 2.39. The van der Waals surface area contributed by atoms with Crippen molar-refractivity contribution in [1.82, 2.24) is 4.90 Å². The van der Waals surface area contributed by atoms with E-state index in [0.29, 0.717) is 18.2 Å². The lowest BCUT2D eigenvalue weighted by Crippen LogP contribution is -2.36. The van der Waals surface area contributed by atoms with Crippen molar-refractivity contribution in [2.75, 3.05) is 18.9 Å². The van der Waals surface area contributed by atoms with Gasteiger partial charge in [0.15, 0.2) is 0 Å². The lowest BCUT2D eigenvalue weighted by molar-refractivity contribution is -0.141. The molecule has 0 aliphatic carbocycles. The predicted octanol–water partition coefficient (Wildman–Crippen LogP) is 3.03. The lowest BCUT2D eigenvalue weighted by Gasteiger charge is -2.20. The van der Waals surface area contributed by atoms with Gasteiger partial charge in [-0.05, 0) is 18.2 Å². The molecule has 0 aliphatic rings. The Morgan fingerprint density at radius 2 is 1.95 bits per heavy atom. The summed E-state index contributed by atoms with van der Waals surface area (Å²) in [7, 11) is 1.25. The zero-order valence-electron chi connectivity index (χ0n) is 11.7. The van der Waals surface area contributed by atoms with Crippen LogP contribution >= 0.6 is 0 Å². The van der Waals surface area contributed by atoms with E-state index in [2.05, 4.69) is 0 Å². The summed E-state index contributed by atoms with van der Waals surface area (Å²) in [6, 6.07) is 0.715. The number of urea groups is 1. The van der Waals surface area contributed by atoms with E-state index >= 15 is 0 Å². The summed E-state index contributed by atoms with van der Waals surface area (Å²) in [5.74, 6) is -3.03. The second kappa shape index (κ2) is 6.63. The molecule has 2 amide bonds. The van der Waals surface area contributed by atoms with Crippen LogP contribution in [-0.4, -0.2) is 35.6 Å². The number of nitrogens with one attached hydrogen (secondary N) is 1. The van der Waals surface area contributed by atoms with Crippen molar-refractivity contribution >= 4 is 17.7 Å². The number of hydrogen-bond donors (Lipinski definition) is 2. The van der Waals surface area contributed by atoms with Crippen molar-refractivity contribution in [2.24, 2.45) is 5.92 Å². The first-order chi connectivity index (χ1) is 10.0. The molecule has 0 saturated heterocycles. The molecule has 1 unspecified atom stereocenters. The van der Waals surface area contributed by atoms with Crippen molar-refractivity contribution in [3.63, 3.8) is 0 Å². The molecule has 0 spiro atoms. The minimum Gasteiger partial charge on any atom is -0.481 e. The maximum Gasteiger partial charge on any atom is 0.416 e. The van der Waals surface area contributed by atoms with Gasteiger partial charge in [0.05, 0.1) is 17.2 Å². The molecule has 1 atom stereocenters. The molecule has 9 heteroatoms. The van der Waals surface area contributed by atoms with Crippen molar-refractivity contribution in [3.05, 3.63) is 29.6 Å². The maximum absolute atomic E-state index is 13.5. The molecular weight excluding hydrogens is 308 g/mol. The summed E-state index contributed by atoms with van der Waals surface area (Å²) in [6.07, 6.45) is -4.67. The highest BCUT2D eigenvalue weighted by molar-refractivity contribution is 5.89. The molecule has 22 heavy (non-hydrogen) atoms. The number of halogens is 4. The molecule has 2 N–H and O–H groups in total. The molecule has 5 nitrogen and oxygen atoms in total. The topological polar surface area (TPSA) is 69.6 Å². The number of hydrogen-bond acceptors (Lipinski definition) is 2. The summed E-state index contributed by atoms with van der Waals surface area (Å²) in [4.78, 5) is 23.4. The number of aliphatic carboxylic acids is 1. The molecule has 0 fully saturated rings. The summed E-state index contributed by atoms with van der Waals surface area (Å²) >= 11 is 0. The Morgan fingerprint density at radius 1 is 1.36 bits per heavy atom. The third-order valence-corrected chi connectivity index (χ3v) is 2.85. The van der Waals surface area contributed by atoms with Crippen molar-refractivity contribution in [1.29, 1.82) is 0 Å². The monoisotopic (exact) mass is 322 g/mol. The van der Waals surface area contributed by atoms with Gasteiger partial charge in [-0.1, -0.05) is 6.92 Å². The molecule has 0 saturated carbocycles. The molecule has 0 bridgehead atoms.